The van der Waals surface area contributed by atoms with Crippen molar-refractivity contribution in [3.05, 3.63) is 35.9 Å². The minimum Gasteiger partial charge on any atom is -0.392 e. The van der Waals surface area contributed by atoms with Gasteiger partial charge in [0.15, 0.2) is 0 Å². The van der Waals surface area contributed by atoms with Crippen LogP contribution in [0.1, 0.15) is 37.7 Å². The number of piperidine rings is 1. The van der Waals surface area contributed by atoms with Gasteiger partial charge >= 0.3 is 0 Å². The van der Waals surface area contributed by atoms with Gasteiger partial charge in [0.2, 0.25) is 0 Å². The van der Waals surface area contributed by atoms with Crippen LogP contribution in [0.3, 0.4) is 0 Å². The fourth-order valence-corrected chi connectivity index (χ4v) is 2.56. The maximum absolute atomic E-state index is 9.62. The fraction of sp³-hybridized carbons (Fsp3) is 0.600. The van der Waals surface area contributed by atoms with Crippen LogP contribution in [0.4, 0.5) is 0 Å². The van der Waals surface area contributed by atoms with Crippen molar-refractivity contribution in [2.24, 2.45) is 0 Å². The van der Waals surface area contributed by atoms with Crippen LogP contribution < -0.4 is 0 Å². The second-order valence-corrected chi connectivity index (χ2v) is 5.20. The lowest BCUT2D eigenvalue weighted by molar-refractivity contribution is 0.0693. The van der Waals surface area contributed by atoms with E-state index in [1.165, 1.54) is 12.0 Å². The van der Waals surface area contributed by atoms with E-state index in [2.05, 4.69) is 42.2 Å². The first-order chi connectivity index (χ1) is 8.25. The van der Waals surface area contributed by atoms with Crippen molar-refractivity contribution < 1.29 is 5.11 Å². The first-order valence-electron chi connectivity index (χ1n) is 6.71. The molecule has 2 heteroatoms. The van der Waals surface area contributed by atoms with E-state index in [9.17, 15) is 5.11 Å². The van der Waals surface area contributed by atoms with Gasteiger partial charge in [-0.05, 0) is 43.8 Å². The highest BCUT2D eigenvalue weighted by atomic mass is 16.3. The van der Waals surface area contributed by atoms with E-state index in [0.717, 1.165) is 32.5 Å². The molecule has 1 aliphatic heterocycles. The number of likely N-dealkylation sites (tertiary alicyclic amines) is 1. The van der Waals surface area contributed by atoms with Gasteiger partial charge in [-0.15, -0.1) is 0 Å². The number of hydrogen-bond donors (Lipinski definition) is 1. The van der Waals surface area contributed by atoms with Crippen molar-refractivity contribution >= 4 is 0 Å². The van der Waals surface area contributed by atoms with E-state index in [4.69, 9.17) is 0 Å². The van der Waals surface area contributed by atoms with Gasteiger partial charge in [0.25, 0.3) is 0 Å². The van der Waals surface area contributed by atoms with Crippen LogP contribution in [-0.2, 0) is 0 Å². The van der Waals surface area contributed by atoms with E-state index in [1.807, 2.05) is 0 Å². The molecule has 1 fully saturated rings. The lowest BCUT2D eigenvalue weighted by Crippen LogP contribution is -2.39. The predicted octanol–water partition coefficient (Wildman–Crippen LogP) is 2.64. The van der Waals surface area contributed by atoms with Crippen molar-refractivity contribution in [2.75, 3.05) is 19.6 Å². The monoisotopic (exact) mass is 233 g/mol. The van der Waals surface area contributed by atoms with Crippen LogP contribution in [0.5, 0.6) is 0 Å². The predicted molar refractivity (Wildman–Crippen MR) is 71.2 cm³/mol. The summed E-state index contributed by atoms with van der Waals surface area (Å²) in [6, 6.07) is 10.7. The Kier molecular flexibility index (Phi) is 4.57. The first kappa shape index (κ1) is 12.6. The third-order valence-electron chi connectivity index (χ3n) is 3.73. The van der Waals surface area contributed by atoms with Crippen molar-refractivity contribution in [3.8, 4) is 0 Å². The highest BCUT2D eigenvalue weighted by molar-refractivity contribution is 5.18. The number of rotatable bonds is 4. The summed E-state index contributed by atoms with van der Waals surface area (Å²) < 4.78 is 0. The van der Waals surface area contributed by atoms with E-state index < -0.39 is 0 Å². The molecule has 1 aromatic carbocycles. The molecular weight excluding hydrogens is 210 g/mol. The number of β-amino-alcohol motifs (C(OH)–C–C–N with tert-alkyl or cyclic N) is 1. The zero-order valence-electron chi connectivity index (χ0n) is 10.7. The Balaban J connectivity index is 1.78. The summed E-state index contributed by atoms with van der Waals surface area (Å²) in [5.74, 6) is 0.607. The molecule has 2 rings (SSSR count). The SMILES string of the molecule is C[C@H](CCN1CCC[C@H](O)C1)c1ccccc1. The normalized spacial score (nSPS) is 23.5. The smallest absolute Gasteiger partial charge is 0.0667 e. The van der Waals surface area contributed by atoms with Gasteiger partial charge in [0.05, 0.1) is 6.10 Å². The molecule has 0 aromatic heterocycles. The molecule has 1 aromatic rings. The third kappa shape index (κ3) is 3.83. The van der Waals surface area contributed by atoms with Crippen LogP contribution in [0.2, 0.25) is 0 Å². The summed E-state index contributed by atoms with van der Waals surface area (Å²) in [6.45, 7) is 5.41. The van der Waals surface area contributed by atoms with Crippen LogP contribution in [0, 0.1) is 0 Å². The Hall–Kier alpha value is -0.860. The minimum absolute atomic E-state index is 0.101. The van der Waals surface area contributed by atoms with Crippen LogP contribution in [0.15, 0.2) is 30.3 Å². The van der Waals surface area contributed by atoms with E-state index >= 15 is 0 Å². The molecule has 2 nitrogen and oxygen atoms in total. The summed E-state index contributed by atoms with van der Waals surface area (Å²) >= 11 is 0. The first-order valence-corrected chi connectivity index (χ1v) is 6.71. The average molecular weight is 233 g/mol. The summed E-state index contributed by atoms with van der Waals surface area (Å²) in [7, 11) is 0. The molecular formula is C15H23NO. The number of aliphatic hydroxyl groups is 1. The Morgan fingerprint density at radius 3 is 2.82 bits per heavy atom. The van der Waals surface area contributed by atoms with Gasteiger partial charge in [0, 0.05) is 6.54 Å². The second kappa shape index (κ2) is 6.18. The molecule has 0 unspecified atom stereocenters. The molecule has 94 valence electrons. The second-order valence-electron chi connectivity index (χ2n) is 5.20. The molecule has 1 heterocycles. The van der Waals surface area contributed by atoms with E-state index in [0.29, 0.717) is 5.92 Å². The van der Waals surface area contributed by atoms with Gasteiger partial charge in [0.1, 0.15) is 0 Å². The molecule has 0 aliphatic carbocycles. The largest absolute Gasteiger partial charge is 0.392 e. The molecule has 0 radical (unpaired) electrons. The quantitative estimate of drug-likeness (QED) is 0.864. The van der Waals surface area contributed by atoms with Gasteiger partial charge in [-0.2, -0.15) is 0 Å². The van der Waals surface area contributed by atoms with Gasteiger partial charge in [-0.1, -0.05) is 37.3 Å². The molecule has 17 heavy (non-hydrogen) atoms. The Labute approximate surface area is 104 Å². The minimum atomic E-state index is -0.101. The number of benzene rings is 1. The highest BCUT2D eigenvalue weighted by Crippen LogP contribution is 2.20. The fourth-order valence-electron chi connectivity index (χ4n) is 2.56. The van der Waals surface area contributed by atoms with Crippen molar-refractivity contribution in [3.63, 3.8) is 0 Å². The summed E-state index contributed by atoms with van der Waals surface area (Å²) in [4.78, 5) is 2.40. The van der Waals surface area contributed by atoms with Gasteiger partial charge < -0.3 is 10.0 Å². The lowest BCUT2D eigenvalue weighted by Gasteiger charge is -2.30. The van der Waals surface area contributed by atoms with Crippen molar-refractivity contribution in [2.45, 2.75) is 38.2 Å². The molecule has 0 saturated carbocycles. The maximum atomic E-state index is 9.62. The molecule has 0 amide bonds. The Bertz CT molecular complexity index is 325. The van der Waals surface area contributed by atoms with Crippen molar-refractivity contribution in [1.29, 1.82) is 0 Å². The summed E-state index contributed by atoms with van der Waals surface area (Å²) in [5, 5.41) is 9.62. The third-order valence-corrected chi connectivity index (χ3v) is 3.73. The van der Waals surface area contributed by atoms with Crippen molar-refractivity contribution in [1.82, 2.24) is 4.90 Å². The van der Waals surface area contributed by atoms with E-state index in [1.54, 1.807) is 0 Å². The van der Waals surface area contributed by atoms with Crippen LogP contribution in [-0.4, -0.2) is 35.7 Å². The molecule has 1 aliphatic rings. The van der Waals surface area contributed by atoms with E-state index in [-0.39, 0.29) is 6.10 Å². The zero-order chi connectivity index (χ0) is 12.1. The van der Waals surface area contributed by atoms with Gasteiger partial charge in [-0.3, -0.25) is 0 Å². The Morgan fingerprint density at radius 2 is 2.12 bits per heavy atom. The molecule has 1 saturated heterocycles. The average Bonchev–Trinajstić information content (AvgIpc) is 2.37. The standard InChI is InChI=1S/C15H23NO/c1-13(14-6-3-2-4-7-14)9-11-16-10-5-8-15(17)12-16/h2-4,6-7,13,15,17H,5,8-12H2,1H3/t13-,15+/m1/s1. The van der Waals surface area contributed by atoms with Crippen LogP contribution in [0.25, 0.3) is 0 Å². The maximum Gasteiger partial charge on any atom is 0.0667 e. The van der Waals surface area contributed by atoms with Gasteiger partial charge in [-0.25, -0.2) is 0 Å². The topological polar surface area (TPSA) is 23.5 Å². The number of aliphatic hydroxyl groups excluding tert-OH is 1. The molecule has 0 bridgehead atoms. The zero-order valence-corrected chi connectivity index (χ0v) is 10.7. The molecule has 0 spiro atoms. The molecule has 1 N–H and O–H groups in total. The van der Waals surface area contributed by atoms with Crippen LogP contribution >= 0.6 is 0 Å². The molecule has 2 atom stereocenters. The lowest BCUT2D eigenvalue weighted by atomic mass is 9.97. The Morgan fingerprint density at radius 1 is 1.35 bits per heavy atom. The highest BCUT2D eigenvalue weighted by Gasteiger charge is 2.17. The summed E-state index contributed by atoms with van der Waals surface area (Å²) in [6.07, 6.45) is 3.19. The number of hydrogen-bond acceptors (Lipinski definition) is 2. The summed E-state index contributed by atoms with van der Waals surface area (Å²) in [5.41, 5.74) is 1.42. The number of nitrogens with zero attached hydrogens (tertiary/aromatic N) is 1.